The van der Waals surface area contributed by atoms with Gasteiger partial charge in [0, 0.05) is 20.9 Å². The number of hydrogen-bond acceptors (Lipinski definition) is 5. The van der Waals surface area contributed by atoms with Crippen LogP contribution in [0.4, 0.5) is 0 Å². The van der Waals surface area contributed by atoms with Crippen molar-refractivity contribution in [3.05, 3.63) is 131 Å². The zero-order valence-corrected chi connectivity index (χ0v) is 21.5. The first-order valence-electron chi connectivity index (χ1n) is 12.9. The van der Waals surface area contributed by atoms with Gasteiger partial charge in [-0.05, 0) is 36.1 Å². The summed E-state index contributed by atoms with van der Waals surface area (Å²) in [7, 11) is 0. The second-order valence-corrected chi connectivity index (χ2v) is 10.6. The van der Waals surface area contributed by atoms with Gasteiger partial charge in [-0.15, -0.1) is 0 Å². The molecule has 4 aromatic rings. The number of nitrogens with one attached hydrogen (secondary N) is 2. The molecule has 2 atom stereocenters. The van der Waals surface area contributed by atoms with Crippen molar-refractivity contribution in [2.24, 2.45) is 9.98 Å². The highest BCUT2D eigenvalue weighted by Crippen LogP contribution is 2.34. The van der Waals surface area contributed by atoms with Crippen LogP contribution in [0.1, 0.15) is 22.3 Å². The molecule has 0 saturated carbocycles. The van der Waals surface area contributed by atoms with E-state index in [1.807, 2.05) is 0 Å². The van der Waals surface area contributed by atoms with Gasteiger partial charge in [-0.2, -0.15) is 0 Å². The molecule has 6 rings (SSSR count). The minimum atomic E-state index is 0.321. The average molecular weight is 503 g/mol. The van der Waals surface area contributed by atoms with Crippen LogP contribution in [0.3, 0.4) is 0 Å². The first kappa shape index (κ1) is 23.6. The Labute approximate surface area is 223 Å². The smallest absolute Gasteiger partial charge is 0.129 e. The fourth-order valence-corrected chi connectivity index (χ4v) is 6.03. The zero-order valence-electron chi connectivity index (χ0n) is 20.7. The summed E-state index contributed by atoms with van der Waals surface area (Å²) < 4.78 is 0. The molecule has 4 nitrogen and oxygen atoms in total. The predicted octanol–water partition coefficient (Wildman–Crippen LogP) is 5.76. The molecule has 0 saturated heterocycles. The maximum atomic E-state index is 4.89. The van der Waals surface area contributed by atoms with Gasteiger partial charge in [0.2, 0.25) is 0 Å². The highest BCUT2D eigenvalue weighted by Gasteiger charge is 2.23. The molecule has 0 radical (unpaired) electrons. The Balaban J connectivity index is 1.17. The van der Waals surface area contributed by atoms with E-state index in [4.69, 9.17) is 9.98 Å². The molecule has 0 unspecified atom stereocenters. The summed E-state index contributed by atoms with van der Waals surface area (Å²) in [5.74, 6) is 1.97. The van der Waals surface area contributed by atoms with Gasteiger partial charge in [-0.1, -0.05) is 109 Å². The number of nitrogens with zero attached hydrogens (tertiary/aromatic N) is 2. The largest absolute Gasteiger partial charge is 0.365 e. The third-order valence-corrected chi connectivity index (χ3v) is 7.93. The van der Waals surface area contributed by atoms with E-state index in [2.05, 4.69) is 120 Å². The van der Waals surface area contributed by atoms with Crippen molar-refractivity contribution in [2.75, 3.05) is 13.1 Å². The molecule has 184 valence electrons. The lowest BCUT2D eigenvalue weighted by molar-refractivity contribution is 0.654. The lowest BCUT2D eigenvalue weighted by atomic mass is 10.1. The van der Waals surface area contributed by atoms with Gasteiger partial charge in [0.05, 0.1) is 25.2 Å². The first-order chi connectivity index (χ1) is 18.3. The third-order valence-electron chi connectivity index (χ3n) is 6.78. The molecule has 0 amide bonds. The van der Waals surface area contributed by atoms with Crippen LogP contribution >= 0.6 is 11.8 Å². The molecule has 0 spiro atoms. The summed E-state index contributed by atoms with van der Waals surface area (Å²) in [6.07, 6.45) is 1.95. The number of hydrogen-bond donors (Lipinski definition) is 2. The van der Waals surface area contributed by atoms with Crippen LogP contribution in [-0.4, -0.2) is 36.8 Å². The van der Waals surface area contributed by atoms with Crippen LogP contribution in [0.25, 0.3) is 0 Å². The summed E-state index contributed by atoms with van der Waals surface area (Å²) in [6.45, 7) is 1.59. The summed E-state index contributed by atoms with van der Waals surface area (Å²) in [6, 6.07) is 39.0. The minimum absolute atomic E-state index is 0.321. The Morgan fingerprint density at radius 2 is 0.946 bits per heavy atom. The molecule has 37 heavy (non-hydrogen) atoms. The fourth-order valence-electron chi connectivity index (χ4n) is 4.95. The zero-order chi connectivity index (χ0) is 24.9. The maximum Gasteiger partial charge on any atom is 0.129 e. The molecule has 2 aliphatic rings. The van der Waals surface area contributed by atoms with Gasteiger partial charge >= 0.3 is 0 Å². The van der Waals surface area contributed by atoms with Gasteiger partial charge in [0.1, 0.15) is 11.7 Å². The predicted molar refractivity (Wildman–Crippen MR) is 154 cm³/mol. The Bertz CT molecular complexity index is 1310. The number of rotatable bonds is 8. The van der Waals surface area contributed by atoms with E-state index in [-0.39, 0.29) is 0 Å². The van der Waals surface area contributed by atoms with E-state index in [0.717, 1.165) is 48.7 Å². The second-order valence-electron chi connectivity index (χ2n) is 9.53. The van der Waals surface area contributed by atoms with Crippen LogP contribution in [0, 0.1) is 0 Å². The molecule has 5 heteroatoms. The third kappa shape index (κ3) is 5.62. The SMILES string of the molecule is c1ccc(C[C@H]2CN=C(c3ccccc3Sc3ccccc3C3=NC[C@H](Cc4ccccc4)N3)N2)cc1. The van der Waals surface area contributed by atoms with Crippen molar-refractivity contribution in [3.8, 4) is 0 Å². The Hall–Kier alpha value is -3.83. The number of benzene rings is 4. The summed E-state index contributed by atoms with van der Waals surface area (Å²) >= 11 is 1.78. The van der Waals surface area contributed by atoms with Crippen molar-refractivity contribution in [3.63, 3.8) is 0 Å². The molecule has 0 fully saturated rings. The lowest BCUT2D eigenvalue weighted by Crippen LogP contribution is -2.33. The molecule has 2 heterocycles. The average Bonchev–Trinajstić information content (AvgIpc) is 3.60. The standard InChI is InChI=1S/C32H30N4S/c1-3-11-23(12-4-1)19-25-21-33-31(35-25)27-15-7-9-17-29(27)37-30-18-10-8-16-28(30)32-34-22-26(36-32)20-24-13-5-2-6-14-24/h1-18,25-26H,19-22H2,(H,33,35)(H,34,36)/t25-,26-/m0/s1. The van der Waals surface area contributed by atoms with Gasteiger partial charge < -0.3 is 10.6 Å². The Kier molecular flexibility index (Phi) is 7.04. The van der Waals surface area contributed by atoms with Gasteiger partial charge in [0.15, 0.2) is 0 Å². The Morgan fingerprint density at radius 1 is 0.541 bits per heavy atom. The van der Waals surface area contributed by atoms with E-state index in [9.17, 15) is 0 Å². The minimum Gasteiger partial charge on any atom is -0.365 e. The van der Waals surface area contributed by atoms with E-state index < -0.39 is 0 Å². The summed E-state index contributed by atoms with van der Waals surface area (Å²) in [5.41, 5.74) is 4.98. The lowest BCUT2D eigenvalue weighted by Gasteiger charge is -2.16. The van der Waals surface area contributed by atoms with Crippen LogP contribution in [-0.2, 0) is 12.8 Å². The maximum absolute atomic E-state index is 4.89. The van der Waals surface area contributed by atoms with Crippen LogP contribution in [0.2, 0.25) is 0 Å². The van der Waals surface area contributed by atoms with E-state index in [1.165, 1.54) is 20.9 Å². The Morgan fingerprint density at radius 3 is 1.41 bits per heavy atom. The summed E-state index contributed by atoms with van der Waals surface area (Å²) in [5, 5.41) is 7.36. The van der Waals surface area contributed by atoms with Crippen molar-refractivity contribution in [1.29, 1.82) is 0 Å². The molecule has 0 bridgehead atoms. The van der Waals surface area contributed by atoms with Crippen LogP contribution in [0.15, 0.2) is 129 Å². The topological polar surface area (TPSA) is 48.8 Å². The summed E-state index contributed by atoms with van der Waals surface area (Å²) in [4.78, 5) is 12.2. The van der Waals surface area contributed by atoms with Crippen molar-refractivity contribution >= 4 is 23.4 Å². The molecule has 0 aliphatic carbocycles. The van der Waals surface area contributed by atoms with Gasteiger partial charge in [-0.3, -0.25) is 9.98 Å². The van der Waals surface area contributed by atoms with Crippen LogP contribution < -0.4 is 10.6 Å². The van der Waals surface area contributed by atoms with E-state index >= 15 is 0 Å². The highest BCUT2D eigenvalue weighted by atomic mass is 32.2. The van der Waals surface area contributed by atoms with Crippen molar-refractivity contribution < 1.29 is 0 Å². The molecule has 0 aromatic heterocycles. The number of amidine groups is 2. The molecular formula is C32H30N4S. The van der Waals surface area contributed by atoms with Crippen LogP contribution in [0.5, 0.6) is 0 Å². The molecule has 2 aliphatic heterocycles. The van der Waals surface area contributed by atoms with Crippen molar-refractivity contribution in [2.45, 2.75) is 34.7 Å². The van der Waals surface area contributed by atoms with Crippen molar-refractivity contribution in [1.82, 2.24) is 10.6 Å². The van der Waals surface area contributed by atoms with E-state index in [1.54, 1.807) is 11.8 Å². The monoisotopic (exact) mass is 502 g/mol. The van der Waals surface area contributed by atoms with E-state index in [0.29, 0.717) is 12.1 Å². The second kappa shape index (κ2) is 11.1. The first-order valence-corrected chi connectivity index (χ1v) is 13.7. The molecule has 4 aromatic carbocycles. The molecule has 2 N–H and O–H groups in total. The highest BCUT2D eigenvalue weighted by molar-refractivity contribution is 7.99. The normalized spacial score (nSPS) is 18.6. The fraction of sp³-hybridized carbons (Fsp3) is 0.188. The quantitative estimate of drug-likeness (QED) is 0.322. The molecular weight excluding hydrogens is 472 g/mol. The number of aliphatic imine (C=N–C) groups is 2. The van der Waals surface area contributed by atoms with Gasteiger partial charge in [0.25, 0.3) is 0 Å². The van der Waals surface area contributed by atoms with Gasteiger partial charge in [-0.25, -0.2) is 0 Å².